The van der Waals surface area contributed by atoms with Crippen LogP contribution in [0, 0.1) is 0 Å². The van der Waals surface area contributed by atoms with E-state index in [4.69, 9.17) is 11.6 Å². The van der Waals surface area contributed by atoms with Crippen LogP contribution in [-0.2, 0) is 0 Å². The highest BCUT2D eigenvalue weighted by Crippen LogP contribution is 2.16. The summed E-state index contributed by atoms with van der Waals surface area (Å²) in [5.74, 6) is -0.624. The Labute approximate surface area is 176 Å². The third-order valence-corrected chi connectivity index (χ3v) is 4.03. The van der Waals surface area contributed by atoms with Crippen LogP contribution in [-0.4, -0.2) is 27.3 Å². The smallest absolute Gasteiger partial charge is 0.267 e. The molecule has 29 heavy (non-hydrogen) atoms. The predicted molar refractivity (Wildman–Crippen MR) is 116 cm³/mol. The molecule has 0 fully saturated rings. The molecule has 0 saturated heterocycles. The van der Waals surface area contributed by atoms with Crippen LogP contribution in [0.3, 0.4) is 0 Å². The fraction of sp³-hybridized carbons (Fsp3) is 0.174. The lowest BCUT2D eigenvalue weighted by molar-refractivity contribution is 0.0358. The Kier molecular flexibility index (Phi) is 7.92. The summed E-state index contributed by atoms with van der Waals surface area (Å²) in [5, 5.41) is 1.90. The normalized spacial score (nSPS) is 10.3. The van der Waals surface area contributed by atoms with Gasteiger partial charge < -0.3 is 0 Å². The third kappa shape index (κ3) is 7.05. The van der Waals surface area contributed by atoms with Gasteiger partial charge >= 0.3 is 0 Å². The van der Waals surface area contributed by atoms with Gasteiger partial charge in [0.1, 0.15) is 0 Å². The van der Waals surface area contributed by atoms with Gasteiger partial charge in [-0.25, -0.2) is 5.01 Å². The summed E-state index contributed by atoms with van der Waals surface area (Å²) in [7, 11) is 0. The van der Waals surface area contributed by atoms with Gasteiger partial charge in [-0.2, -0.15) is 0 Å². The van der Waals surface area contributed by atoms with Gasteiger partial charge in [0.2, 0.25) is 0 Å². The number of pyridine rings is 1. The molecule has 2 amide bonds. The molecule has 3 aromatic rings. The Morgan fingerprint density at radius 2 is 1.38 bits per heavy atom. The Hall–Kier alpha value is -3.18. The van der Waals surface area contributed by atoms with Crippen LogP contribution in [0.15, 0.2) is 85.2 Å². The lowest BCUT2D eigenvalue weighted by Gasteiger charge is -2.35. The van der Waals surface area contributed by atoms with Crippen molar-refractivity contribution in [1.29, 1.82) is 0 Å². The number of hydrogen-bond acceptors (Lipinski definition) is 3. The molecular formula is C23H24ClN3O2. The number of amides is 2. The van der Waals surface area contributed by atoms with E-state index in [1.54, 1.807) is 60.9 Å². The molecule has 0 aliphatic rings. The zero-order chi connectivity index (χ0) is 21.3. The molecule has 150 valence electrons. The van der Waals surface area contributed by atoms with Crippen molar-refractivity contribution in [3.63, 3.8) is 0 Å². The summed E-state index contributed by atoms with van der Waals surface area (Å²) in [4.78, 5) is 28.9. The molecule has 0 saturated carbocycles. The highest BCUT2D eigenvalue weighted by molar-refractivity contribution is 6.30. The van der Waals surface area contributed by atoms with Gasteiger partial charge in [0.25, 0.3) is 11.8 Å². The van der Waals surface area contributed by atoms with Crippen LogP contribution in [0.5, 0.6) is 0 Å². The number of carbonyl (C=O) groups is 2. The van der Waals surface area contributed by atoms with Gasteiger partial charge in [0, 0.05) is 28.5 Å². The average Bonchev–Trinajstić information content (AvgIpc) is 2.73. The fourth-order valence-corrected chi connectivity index (χ4v) is 2.44. The summed E-state index contributed by atoms with van der Waals surface area (Å²) in [6.45, 7) is 5.57. The Morgan fingerprint density at radius 3 is 1.83 bits per heavy atom. The number of halogens is 1. The van der Waals surface area contributed by atoms with E-state index in [0.29, 0.717) is 16.1 Å². The number of aromatic nitrogens is 1. The number of hydrogen-bond donors (Lipinski definition) is 1. The maximum Gasteiger partial charge on any atom is 0.272 e. The molecule has 0 unspecified atom stereocenters. The van der Waals surface area contributed by atoms with Crippen molar-refractivity contribution in [2.24, 2.45) is 0 Å². The first kappa shape index (κ1) is 22.1. The molecule has 0 atom stereocenters. The zero-order valence-electron chi connectivity index (χ0n) is 16.7. The van der Waals surface area contributed by atoms with Gasteiger partial charge in [-0.05, 0) is 69.3 Å². The van der Waals surface area contributed by atoms with E-state index in [1.165, 1.54) is 5.01 Å². The number of carbonyl (C=O) groups excluding carboxylic acids is 2. The second-order valence-corrected chi connectivity index (χ2v) is 7.59. The molecule has 0 radical (unpaired) electrons. The highest BCUT2D eigenvalue weighted by atomic mass is 35.5. The van der Waals surface area contributed by atoms with Crippen LogP contribution in [0.25, 0.3) is 0 Å². The van der Waals surface area contributed by atoms with E-state index in [-0.39, 0.29) is 11.8 Å². The van der Waals surface area contributed by atoms with Crippen LogP contribution in [0.2, 0.25) is 5.02 Å². The van der Waals surface area contributed by atoms with E-state index >= 15 is 0 Å². The molecule has 3 rings (SSSR count). The Balaban J connectivity index is 0.000000426. The summed E-state index contributed by atoms with van der Waals surface area (Å²) < 4.78 is 0. The third-order valence-electron chi connectivity index (χ3n) is 3.78. The maximum absolute atomic E-state index is 12.7. The number of nitrogens with zero attached hydrogens (tertiary/aromatic N) is 2. The molecule has 1 heterocycles. The number of benzene rings is 2. The summed E-state index contributed by atoms with van der Waals surface area (Å²) >= 11 is 5.83. The van der Waals surface area contributed by atoms with E-state index in [9.17, 15) is 9.59 Å². The molecule has 0 aliphatic heterocycles. The average molecular weight is 410 g/mol. The quantitative estimate of drug-likeness (QED) is 0.605. The summed E-state index contributed by atoms with van der Waals surface area (Å²) in [6.07, 6.45) is 3.50. The van der Waals surface area contributed by atoms with Crippen molar-refractivity contribution in [3.8, 4) is 0 Å². The molecule has 2 aromatic carbocycles. The minimum Gasteiger partial charge on any atom is -0.267 e. The maximum atomic E-state index is 12.7. The van der Waals surface area contributed by atoms with Crippen LogP contribution in [0.1, 0.15) is 41.5 Å². The van der Waals surface area contributed by atoms with Gasteiger partial charge in [-0.15, -0.1) is 0 Å². The van der Waals surface area contributed by atoms with Crippen molar-refractivity contribution in [2.45, 2.75) is 26.3 Å². The first-order valence-corrected chi connectivity index (χ1v) is 9.48. The minimum atomic E-state index is -0.574. The molecule has 5 nitrogen and oxygen atoms in total. The standard InChI is InChI=1S/C18H19ClN2O2.C5H5N/c1-18(2,3)21(17(23)14-7-5-4-6-8-14)20-16(22)13-9-11-15(19)12-10-13;1-2-4-6-5-3-1/h4-12H,1-3H3,(H,20,22);1-5H. The zero-order valence-corrected chi connectivity index (χ0v) is 17.4. The first-order valence-electron chi connectivity index (χ1n) is 9.10. The van der Waals surface area contributed by atoms with Crippen molar-refractivity contribution in [1.82, 2.24) is 15.4 Å². The lowest BCUT2D eigenvalue weighted by atomic mass is 10.1. The molecule has 0 bridgehead atoms. The first-order chi connectivity index (χ1) is 13.8. The molecular weight excluding hydrogens is 386 g/mol. The molecule has 6 heteroatoms. The van der Waals surface area contributed by atoms with Crippen molar-refractivity contribution in [3.05, 3.63) is 101 Å². The lowest BCUT2D eigenvalue weighted by Crippen LogP contribution is -2.55. The molecule has 0 aliphatic carbocycles. The van der Waals surface area contributed by atoms with E-state index < -0.39 is 5.54 Å². The largest absolute Gasteiger partial charge is 0.272 e. The van der Waals surface area contributed by atoms with Gasteiger partial charge in [-0.3, -0.25) is 20.0 Å². The number of rotatable bonds is 2. The summed E-state index contributed by atoms with van der Waals surface area (Å²) in [6, 6.07) is 21.1. The van der Waals surface area contributed by atoms with Crippen LogP contribution >= 0.6 is 11.6 Å². The van der Waals surface area contributed by atoms with Gasteiger partial charge in [-0.1, -0.05) is 35.9 Å². The number of hydrazine groups is 1. The van der Waals surface area contributed by atoms with Gasteiger partial charge in [0.05, 0.1) is 5.54 Å². The highest BCUT2D eigenvalue weighted by Gasteiger charge is 2.29. The fourth-order valence-electron chi connectivity index (χ4n) is 2.31. The van der Waals surface area contributed by atoms with E-state index in [1.807, 2.05) is 45.0 Å². The predicted octanol–water partition coefficient (Wildman–Crippen LogP) is 5.01. The Morgan fingerprint density at radius 1 is 0.828 bits per heavy atom. The van der Waals surface area contributed by atoms with Crippen molar-refractivity contribution in [2.75, 3.05) is 0 Å². The second kappa shape index (κ2) is 10.4. The topological polar surface area (TPSA) is 62.3 Å². The monoisotopic (exact) mass is 409 g/mol. The molecule has 1 N–H and O–H groups in total. The van der Waals surface area contributed by atoms with Crippen molar-refractivity contribution < 1.29 is 9.59 Å². The minimum absolute atomic E-state index is 0.264. The molecule has 1 aromatic heterocycles. The van der Waals surface area contributed by atoms with Crippen LogP contribution in [0.4, 0.5) is 0 Å². The molecule has 0 spiro atoms. The van der Waals surface area contributed by atoms with Crippen molar-refractivity contribution >= 4 is 23.4 Å². The Bertz CT molecular complexity index is 882. The van der Waals surface area contributed by atoms with Crippen LogP contribution < -0.4 is 5.43 Å². The van der Waals surface area contributed by atoms with E-state index in [0.717, 1.165) is 0 Å². The summed E-state index contributed by atoms with van der Waals surface area (Å²) in [5.41, 5.74) is 3.07. The van der Waals surface area contributed by atoms with Gasteiger partial charge in [0.15, 0.2) is 0 Å². The van der Waals surface area contributed by atoms with E-state index in [2.05, 4.69) is 10.4 Å². The SMILES string of the molecule is CC(C)(C)N(NC(=O)c1ccc(Cl)cc1)C(=O)c1ccccc1.c1ccncc1. The number of nitrogens with one attached hydrogen (secondary N) is 1. The second-order valence-electron chi connectivity index (χ2n) is 7.15.